The van der Waals surface area contributed by atoms with Gasteiger partial charge < -0.3 is 10.2 Å². The Kier molecular flexibility index (Phi) is 3.45. The normalized spacial score (nSPS) is 11.2. The third-order valence-electron chi connectivity index (χ3n) is 2.50. The van der Waals surface area contributed by atoms with Crippen molar-refractivity contribution >= 4 is 11.9 Å². The van der Waals surface area contributed by atoms with Crippen molar-refractivity contribution in [2.24, 2.45) is 5.41 Å². The number of hydrogen-bond acceptors (Lipinski definition) is 2. The Balaban J connectivity index is 3.11. The molecule has 0 unspecified atom stereocenters. The summed E-state index contributed by atoms with van der Waals surface area (Å²) in [5, 5.41) is 17.7. The molecule has 0 aliphatic carbocycles. The van der Waals surface area contributed by atoms with Gasteiger partial charge in [-0.1, -0.05) is 6.07 Å². The van der Waals surface area contributed by atoms with Crippen molar-refractivity contribution in [1.82, 2.24) is 0 Å². The van der Waals surface area contributed by atoms with E-state index in [1.807, 2.05) is 0 Å². The molecule has 0 bridgehead atoms. The summed E-state index contributed by atoms with van der Waals surface area (Å²) >= 11 is 0. The molecule has 0 radical (unpaired) electrons. The topological polar surface area (TPSA) is 74.6 Å². The van der Waals surface area contributed by atoms with Crippen LogP contribution in [0.2, 0.25) is 0 Å². The fourth-order valence-electron chi connectivity index (χ4n) is 1.29. The summed E-state index contributed by atoms with van der Waals surface area (Å²) in [4.78, 5) is 21.7. The van der Waals surface area contributed by atoms with Crippen molar-refractivity contribution < 1.29 is 28.6 Å². The number of aliphatic carboxylic acids is 2. The molecule has 0 saturated carbocycles. The van der Waals surface area contributed by atoms with E-state index in [4.69, 9.17) is 10.2 Å². The summed E-state index contributed by atoms with van der Waals surface area (Å²) in [5.41, 5.74) is -2.29. The molecule has 2 N–H and O–H groups in total. The Morgan fingerprint density at radius 2 is 1.76 bits per heavy atom. The maximum Gasteiger partial charge on any atom is 0.321 e. The van der Waals surface area contributed by atoms with Crippen molar-refractivity contribution in [2.75, 3.05) is 0 Å². The molecule has 1 rings (SSSR count). The van der Waals surface area contributed by atoms with Crippen molar-refractivity contribution in [3.05, 3.63) is 35.4 Å². The smallest absolute Gasteiger partial charge is 0.321 e. The third kappa shape index (κ3) is 2.58. The molecule has 1 aromatic carbocycles. The molecule has 0 saturated heterocycles. The van der Waals surface area contributed by atoms with Crippen LogP contribution < -0.4 is 0 Å². The monoisotopic (exact) mass is 244 g/mol. The highest BCUT2D eigenvalue weighted by atomic mass is 19.1. The van der Waals surface area contributed by atoms with Crippen LogP contribution in [0.15, 0.2) is 18.2 Å². The predicted octanol–water partition coefficient (Wildman–Crippen LogP) is 1.68. The van der Waals surface area contributed by atoms with Gasteiger partial charge in [-0.3, -0.25) is 9.59 Å². The van der Waals surface area contributed by atoms with Crippen LogP contribution >= 0.6 is 0 Å². The second-order valence-corrected chi connectivity index (χ2v) is 3.85. The minimum Gasteiger partial charge on any atom is -0.480 e. The molecule has 0 aliphatic heterocycles. The van der Waals surface area contributed by atoms with E-state index in [9.17, 15) is 18.4 Å². The number of carboxylic acid groups (broad SMARTS) is 2. The van der Waals surface area contributed by atoms with E-state index in [1.54, 1.807) is 0 Å². The first kappa shape index (κ1) is 13.1. The lowest BCUT2D eigenvalue weighted by atomic mass is 9.83. The summed E-state index contributed by atoms with van der Waals surface area (Å²) in [6.45, 7) is 0.973. The largest absolute Gasteiger partial charge is 0.480 e. The molecular formula is C11H10F2O4. The van der Waals surface area contributed by atoms with E-state index in [0.29, 0.717) is 6.07 Å². The van der Waals surface area contributed by atoms with Crippen LogP contribution in [0, 0.1) is 17.0 Å². The Morgan fingerprint density at radius 3 is 2.18 bits per heavy atom. The summed E-state index contributed by atoms with van der Waals surface area (Å²) in [6.07, 6.45) is -0.552. The van der Waals surface area contributed by atoms with Crippen LogP contribution in [0.3, 0.4) is 0 Å². The first-order valence-electron chi connectivity index (χ1n) is 4.68. The highest BCUT2D eigenvalue weighted by Crippen LogP contribution is 2.25. The molecule has 0 aliphatic rings. The van der Waals surface area contributed by atoms with Crippen molar-refractivity contribution in [1.29, 1.82) is 0 Å². The van der Waals surface area contributed by atoms with Crippen molar-refractivity contribution in [3.63, 3.8) is 0 Å². The van der Waals surface area contributed by atoms with Crippen LogP contribution in [0.25, 0.3) is 0 Å². The number of halogens is 2. The minimum atomic E-state index is -2.14. The Bertz CT molecular complexity index is 457. The third-order valence-corrected chi connectivity index (χ3v) is 2.50. The summed E-state index contributed by atoms with van der Waals surface area (Å²) < 4.78 is 25.9. The van der Waals surface area contributed by atoms with E-state index in [-0.39, 0.29) is 5.56 Å². The summed E-state index contributed by atoms with van der Waals surface area (Å²) in [6, 6.07) is 2.57. The Morgan fingerprint density at radius 1 is 1.24 bits per heavy atom. The minimum absolute atomic E-state index is 0.154. The fraction of sp³-hybridized carbons (Fsp3) is 0.273. The molecule has 0 spiro atoms. The van der Waals surface area contributed by atoms with E-state index in [2.05, 4.69) is 0 Å². The fourth-order valence-corrected chi connectivity index (χ4v) is 1.29. The standard InChI is InChI=1S/C11H10F2O4/c1-11(9(14)15,10(16)17)5-6-2-3-7(12)4-8(6)13/h2-4H,5H2,1H3,(H,14,15)(H,16,17). The SMILES string of the molecule is CC(Cc1ccc(F)cc1F)(C(=O)O)C(=O)O. The van der Waals surface area contributed by atoms with E-state index in [1.165, 1.54) is 0 Å². The first-order chi connectivity index (χ1) is 7.77. The lowest BCUT2D eigenvalue weighted by Crippen LogP contribution is -2.38. The zero-order chi connectivity index (χ0) is 13.2. The lowest BCUT2D eigenvalue weighted by molar-refractivity contribution is -0.163. The Labute approximate surface area is 95.5 Å². The van der Waals surface area contributed by atoms with E-state index < -0.39 is 35.4 Å². The van der Waals surface area contributed by atoms with Gasteiger partial charge in [0.1, 0.15) is 11.6 Å². The molecule has 92 valence electrons. The second-order valence-electron chi connectivity index (χ2n) is 3.85. The maximum atomic E-state index is 13.3. The quantitative estimate of drug-likeness (QED) is 0.790. The van der Waals surface area contributed by atoms with Crippen LogP contribution in [-0.2, 0) is 16.0 Å². The molecule has 0 heterocycles. The van der Waals surface area contributed by atoms with Crippen LogP contribution in [0.4, 0.5) is 8.78 Å². The number of carbonyl (C=O) groups is 2. The van der Waals surface area contributed by atoms with Gasteiger partial charge in [0, 0.05) is 12.5 Å². The summed E-state index contributed by atoms with van der Waals surface area (Å²) in [5.74, 6) is -4.92. The van der Waals surface area contributed by atoms with Crippen LogP contribution in [0.1, 0.15) is 12.5 Å². The second kappa shape index (κ2) is 4.48. The van der Waals surface area contributed by atoms with E-state index in [0.717, 1.165) is 19.1 Å². The molecular weight excluding hydrogens is 234 g/mol. The van der Waals surface area contributed by atoms with Gasteiger partial charge in [-0.05, 0) is 18.6 Å². The number of rotatable bonds is 4. The summed E-state index contributed by atoms with van der Waals surface area (Å²) in [7, 11) is 0. The van der Waals surface area contributed by atoms with Gasteiger partial charge in [-0.15, -0.1) is 0 Å². The lowest BCUT2D eigenvalue weighted by Gasteiger charge is -2.19. The van der Waals surface area contributed by atoms with Gasteiger partial charge in [0.05, 0.1) is 0 Å². The van der Waals surface area contributed by atoms with Gasteiger partial charge in [0.2, 0.25) is 0 Å². The first-order valence-corrected chi connectivity index (χ1v) is 4.68. The predicted molar refractivity (Wildman–Crippen MR) is 53.4 cm³/mol. The van der Waals surface area contributed by atoms with Crippen molar-refractivity contribution in [2.45, 2.75) is 13.3 Å². The molecule has 4 nitrogen and oxygen atoms in total. The molecule has 17 heavy (non-hydrogen) atoms. The molecule has 0 atom stereocenters. The average Bonchev–Trinajstić information content (AvgIpc) is 2.21. The number of carboxylic acids is 2. The number of benzene rings is 1. The van der Waals surface area contributed by atoms with E-state index >= 15 is 0 Å². The average molecular weight is 244 g/mol. The van der Waals surface area contributed by atoms with Gasteiger partial charge in [0.25, 0.3) is 0 Å². The number of hydrogen-bond donors (Lipinski definition) is 2. The molecule has 1 aromatic rings. The van der Waals surface area contributed by atoms with Gasteiger partial charge >= 0.3 is 11.9 Å². The van der Waals surface area contributed by atoms with Gasteiger partial charge in [-0.25, -0.2) is 8.78 Å². The van der Waals surface area contributed by atoms with Crippen LogP contribution in [-0.4, -0.2) is 22.2 Å². The zero-order valence-corrected chi connectivity index (χ0v) is 8.91. The molecule has 0 amide bonds. The molecule has 6 heteroatoms. The van der Waals surface area contributed by atoms with Gasteiger partial charge in [0.15, 0.2) is 5.41 Å². The zero-order valence-electron chi connectivity index (χ0n) is 8.91. The van der Waals surface area contributed by atoms with Crippen LogP contribution in [0.5, 0.6) is 0 Å². The van der Waals surface area contributed by atoms with Crippen molar-refractivity contribution in [3.8, 4) is 0 Å². The molecule has 0 aromatic heterocycles. The Hall–Kier alpha value is -1.98. The maximum absolute atomic E-state index is 13.3. The highest BCUT2D eigenvalue weighted by Gasteiger charge is 2.42. The highest BCUT2D eigenvalue weighted by molar-refractivity contribution is 5.98. The molecule has 0 fully saturated rings. The van der Waals surface area contributed by atoms with Gasteiger partial charge in [-0.2, -0.15) is 0 Å².